The van der Waals surface area contributed by atoms with Gasteiger partial charge < -0.3 is 4.98 Å². The molecule has 3 heterocycles. The molecule has 1 aliphatic carbocycles. The van der Waals surface area contributed by atoms with Crippen LogP contribution >= 0.6 is 0 Å². The molecule has 7 nitrogen and oxygen atoms in total. The minimum absolute atomic E-state index is 0.0533. The first-order chi connectivity index (χ1) is 16.7. The minimum Gasteiger partial charge on any atom is -0.324 e. The molecule has 2 N–H and O–H groups in total. The van der Waals surface area contributed by atoms with Crippen molar-refractivity contribution in [3.63, 3.8) is 0 Å². The molecule has 1 saturated carbocycles. The predicted octanol–water partition coefficient (Wildman–Crippen LogP) is 5.07. The van der Waals surface area contributed by atoms with E-state index < -0.39 is 5.91 Å². The summed E-state index contributed by atoms with van der Waals surface area (Å²) in [4.78, 5) is 41.9. The topological polar surface area (TPSA) is 100 Å². The van der Waals surface area contributed by atoms with Crippen LogP contribution in [0, 0.1) is 17.8 Å². The zero-order chi connectivity index (χ0) is 23.3. The smallest absolute Gasteiger partial charge is 0.277 e. The third-order valence-corrected chi connectivity index (χ3v) is 6.16. The maximum atomic E-state index is 13.0. The van der Waals surface area contributed by atoms with E-state index in [1.165, 1.54) is 19.3 Å². The Balaban J connectivity index is 1.35. The van der Waals surface area contributed by atoms with Crippen LogP contribution in [0.1, 0.15) is 71.4 Å². The van der Waals surface area contributed by atoms with Crippen LogP contribution in [0.3, 0.4) is 0 Å². The average Bonchev–Trinajstić information content (AvgIpc) is 3.52. The molecule has 1 amide bonds. The normalized spacial score (nSPS) is 15.6. The number of ketones is 1. The maximum Gasteiger partial charge on any atom is 0.277 e. The number of hydrogen-bond donors (Lipinski definition) is 2. The fraction of sp³-hybridized carbons (Fsp3) is 0.296. The lowest BCUT2D eigenvalue weighted by Gasteiger charge is -2.15. The molecule has 3 aromatic rings. The Morgan fingerprint density at radius 3 is 2.82 bits per heavy atom. The van der Waals surface area contributed by atoms with Gasteiger partial charge in [0, 0.05) is 42.4 Å². The van der Waals surface area contributed by atoms with E-state index in [2.05, 4.69) is 37.1 Å². The molecule has 2 aromatic heterocycles. The first-order valence-electron chi connectivity index (χ1n) is 11.7. The summed E-state index contributed by atoms with van der Waals surface area (Å²) in [5.41, 5.74) is 3.39. The summed E-state index contributed by atoms with van der Waals surface area (Å²) in [6, 6.07) is 8.97. The quantitative estimate of drug-likeness (QED) is 0.418. The number of para-hydroxylation sites is 1. The minimum atomic E-state index is -0.396. The van der Waals surface area contributed by atoms with Gasteiger partial charge in [-0.1, -0.05) is 43.2 Å². The number of pyridine rings is 1. The molecule has 5 rings (SSSR count). The standard InChI is InChI=1S/C27H25N5O2/c33-23(17-20-10-6-15-28-20)21-11-4-12-22-25(21)31-27(30-22)32-26(34)24-19(9-5-16-29-24)14-13-18-7-2-1-3-8-18/h4-6,9,11-12,15-16,18H,1-3,7-8,10,17H2,(H2,30,31,32,34). The number of imidazole rings is 1. The second kappa shape index (κ2) is 9.84. The number of nitrogens with one attached hydrogen (secondary N) is 2. The van der Waals surface area contributed by atoms with Gasteiger partial charge in [0.2, 0.25) is 5.95 Å². The number of allylic oxidation sites excluding steroid dienone is 1. The summed E-state index contributed by atoms with van der Waals surface area (Å²) in [6.07, 6.45) is 12.1. The van der Waals surface area contributed by atoms with Crippen LogP contribution < -0.4 is 5.32 Å². The first kappa shape index (κ1) is 21.8. The molecule has 34 heavy (non-hydrogen) atoms. The van der Waals surface area contributed by atoms with Gasteiger partial charge >= 0.3 is 0 Å². The van der Waals surface area contributed by atoms with E-state index in [-0.39, 0.29) is 23.8 Å². The van der Waals surface area contributed by atoms with E-state index in [4.69, 9.17) is 0 Å². The third kappa shape index (κ3) is 4.81. The highest BCUT2D eigenvalue weighted by Gasteiger charge is 2.19. The lowest BCUT2D eigenvalue weighted by molar-refractivity contribution is 0.0998. The number of carbonyl (C=O) groups excluding carboxylic acids is 2. The molecule has 0 atom stereocenters. The maximum absolute atomic E-state index is 13.0. The van der Waals surface area contributed by atoms with Gasteiger partial charge in [-0.05, 0) is 37.1 Å². The van der Waals surface area contributed by atoms with Crippen molar-refractivity contribution in [2.24, 2.45) is 10.9 Å². The molecule has 1 aliphatic heterocycles. The second-order valence-corrected chi connectivity index (χ2v) is 8.63. The molecule has 2 aliphatic rings. The number of rotatable bonds is 5. The number of amides is 1. The Morgan fingerprint density at radius 2 is 2.00 bits per heavy atom. The number of carbonyl (C=O) groups is 2. The van der Waals surface area contributed by atoms with Gasteiger partial charge in [-0.15, -0.1) is 0 Å². The van der Waals surface area contributed by atoms with E-state index >= 15 is 0 Å². The molecule has 0 saturated heterocycles. The van der Waals surface area contributed by atoms with E-state index in [0.717, 1.165) is 18.6 Å². The fourth-order valence-corrected chi connectivity index (χ4v) is 4.39. The summed E-state index contributed by atoms with van der Waals surface area (Å²) in [6.45, 7) is 0. The Hall–Kier alpha value is -4.05. The zero-order valence-corrected chi connectivity index (χ0v) is 18.8. The summed E-state index contributed by atoms with van der Waals surface area (Å²) in [5, 5.41) is 2.78. The van der Waals surface area contributed by atoms with Gasteiger partial charge in [0.05, 0.1) is 11.1 Å². The Bertz CT molecular complexity index is 1370. The SMILES string of the molecule is O=C(Nc1nc2c(C(=O)CC3=NC=CC3)cccc2[nH]1)c1ncccc1C#CC1CCCCC1. The van der Waals surface area contributed by atoms with Crippen molar-refractivity contribution in [2.75, 3.05) is 5.32 Å². The van der Waals surface area contributed by atoms with Crippen LogP contribution in [0.5, 0.6) is 0 Å². The highest BCUT2D eigenvalue weighted by Crippen LogP contribution is 2.23. The molecule has 1 fully saturated rings. The van der Waals surface area contributed by atoms with Crippen molar-refractivity contribution in [2.45, 2.75) is 44.9 Å². The summed E-state index contributed by atoms with van der Waals surface area (Å²) in [7, 11) is 0. The molecule has 7 heteroatoms. The van der Waals surface area contributed by atoms with Crippen LogP contribution in [-0.4, -0.2) is 32.4 Å². The number of nitrogens with zero attached hydrogens (tertiary/aromatic N) is 3. The molecular weight excluding hydrogens is 426 g/mol. The van der Waals surface area contributed by atoms with Crippen molar-refractivity contribution < 1.29 is 9.59 Å². The van der Waals surface area contributed by atoms with Gasteiger partial charge in [0.25, 0.3) is 5.91 Å². The Morgan fingerprint density at radius 1 is 1.12 bits per heavy atom. The molecule has 170 valence electrons. The molecule has 0 bridgehead atoms. The van der Waals surface area contributed by atoms with Crippen molar-refractivity contribution in [1.29, 1.82) is 0 Å². The number of aromatic amines is 1. The third-order valence-electron chi connectivity index (χ3n) is 6.16. The number of aromatic nitrogens is 3. The van der Waals surface area contributed by atoms with Gasteiger partial charge in [-0.25, -0.2) is 9.97 Å². The van der Waals surface area contributed by atoms with Crippen molar-refractivity contribution in [3.8, 4) is 11.8 Å². The van der Waals surface area contributed by atoms with Crippen LogP contribution in [0.2, 0.25) is 0 Å². The summed E-state index contributed by atoms with van der Waals surface area (Å²) < 4.78 is 0. The predicted molar refractivity (Wildman–Crippen MR) is 132 cm³/mol. The lowest BCUT2D eigenvalue weighted by atomic mass is 9.89. The molecule has 0 spiro atoms. The monoisotopic (exact) mass is 451 g/mol. The highest BCUT2D eigenvalue weighted by molar-refractivity contribution is 6.15. The van der Waals surface area contributed by atoms with E-state index in [0.29, 0.717) is 34.5 Å². The second-order valence-electron chi connectivity index (χ2n) is 8.63. The number of hydrogen-bond acceptors (Lipinski definition) is 5. The van der Waals surface area contributed by atoms with Crippen LogP contribution in [0.15, 0.2) is 53.8 Å². The van der Waals surface area contributed by atoms with Gasteiger partial charge in [0.15, 0.2) is 5.78 Å². The number of anilines is 1. The van der Waals surface area contributed by atoms with E-state index in [9.17, 15) is 9.59 Å². The Kier molecular flexibility index (Phi) is 6.30. The lowest BCUT2D eigenvalue weighted by Crippen LogP contribution is -2.16. The van der Waals surface area contributed by atoms with Crippen LogP contribution in [0.25, 0.3) is 11.0 Å². The van der Waals surface area contributed by atoms with Crippen LogP contribution in [0.4, 0.5) is 5.95 Å². The van der Waals surface area contributed by atoms with Crippen molar-refractivity contribution >= 4 is 34.4 Å². The van der Waals surface area contributed by atoms with Crippen molar-refractivity contribution in [1.82, 2.24) is 15.0 Å². The van der Waals surface area contributed by atoms with E-state index in [1.54, 1.807) is 30.6 Å². The fourth-order valence-electron chi connectivity index (χ4n) is 4.39. The van der Waals surface area contributed by atoms with Crippen molar-refractivity contribution in [3.05, 3.63) is 65.6 Å². The van der Waals surface area contributed by atoms with Gasteiger partial charge in [-0.2, -0.15) is 0 Å². The number of aliphatic imine (C=N–C) groups is 1. The number of fused-ring (bicyclic) bond motifs is 1. The van der Waals surface area contributed by atoms with Crippen LogP contribution in [-0.2, 0) is 0 Å². The summed E-state index contributed by atoms with van der Waals surface area (Å²) in [5.74, 6) is 6.68. The number of H-pyrrole nitrogens is 1. The van der Waals surface area contributed by atoms with Gasteiger partial charge in [0.1, 0.15) is 11.2 Å². The molecule has 1 aromatic carbocycles. The zero-order valence-electron chi connectivity index (χ0n) is 18.8. The number of benzene rings is 1. The molecule has 0 unspecified atom stereocenters. The first-order valence-corrected chi connectivity index (χ1v) is 11.7. The average molecular weight is 452 g/mol. The van der Waals surface area contributed by atoms with E-state index in [1.807, 2.05) is 18.2 Å². The van der Waals surface area contributed by atoms with Gasteiger partial charge in [-0.3, -0.25) is 19.9 Å². The molecular formula is C27H25N5O2. The molecule has 0 radical (unpaired) electrons. The Labute approximate surface area is 197 Å². The largest absolute Gasteiger partial charge is 0.324 e. The number of Topliss-reactive ketones (excluding diaryl/α,β-unsaturated/α-hetero) is 1. The summed E-state index contributed by atoms with van der Waals surface area (Å²) >= 11 is 0. The highest BCUT2D eigenvalue weighted by atomic mass is 16.2.